The van der Waals surface area contributed by atoms with E-state index in [2.05, 4.69) is 46.3 Å². The van der Waals surface area contributed by atoms with Crippen LogP contribution in [0.15, 0.2) is 4.99 Å². The number of morpholine rings is 1. The second-order valence-corrected chi connectivity index (χ2v) is 7.76. The molecule has 26 heavy (non-hydrogen) atoms. The van der Waals surface area contributed by atoms with Gasteiger partial charge in [-0.05, 0) is 25.8 Å². The fourth-order valence-corrected chi connectivity index (χ4v) is 4.00. The smallest absolute Gasteiger partial charge is 0.191 e. The van der Waals surface area contributed by atoms with E-state index in [0.29, 0.717) is 12.0 Å². The first-order valence-corrected chi connectivity index (χ1v) is 10.1. The van der Waals surface area contributed by atoms with Gasteiger partial charge in [0, 0.05) is 51.9 Å². The molecule has 7 heteroatoms. The van der Waals surface area contributed by atoms with Crippen molar-refractivity contribution in [3.63, 3.8) is 0 Å². The Morgan fingerprint density at radius 3 is 2.42 bits per heavy atom. The maximum atomic E-state index is 5.49. The summed E-state index contributed by atoms with van der Waals surface area (Å²) in [5, 5.41) is 7.00. The van der Waals surface area contributed by atoms with E-state index in [-0.39, 0.29) is 24.0 Å². The number of guanidine groups is 1. The number of likely N-dealkylation sites (N-methyl/N-ethyl adjacent to an activating group) is 1. The average Bonchev–Trinajstić information content (AvgIpc) is 3.15. The molecule has 1 heterocycles. The summed E-state index contributed by atoms with van der Waals surface area (Å²) in [5.41, 5.74) is 0. The zero-order valence-corrected chi connectivity index (χ0v) is 19.5. The molecular weight excluding hydrogens is 441 g/mol. The quantitative estimate of drug-likeness (QED) is 0.316. The third-order valence-electron chi connectivity index (χ3n) is 5.69. The van der Waals surface area contributed by atoms with Crippen molar-refractivity contribution in [1.82, 2.24) is 20.4 Å². The van der Waals surface area contributed by atoms with Gasteiger partial charge in [0.2, 0.25) is 0 Å². The molecule has 2 rings (SSSR count). The molecule has 6 nitrogen and oxygen atoms in total. The lowest BCUT2D eigenvalue weighted by molar-refractivity contribution is 0.00752. The van der Waals surface area contributed by atoms with Crippen molar-refractivity contribution in [1.29, 1.82) is 0 Å². The first kappa shape index (κ1) is 23.9. The predicted octanol–water partition coefficient (Wildman–Crippen LogP) is 2.00. The van der Waals surface area contributed by atoms with Crippen molar-refractivity contribution in [2.24, 2.45) is 10.9 Å². The number of hydrogen-bond donors (Lipinski definition) is 2. The molecule has 1 saturated heterocycles. The molecule has 1 saturated carbocycles. The molecule has 0 spiro atoms. The van der Waals surface area contributed by atoms with Gasteiger partial charge in [0.05, 0.1) is 13.2 Å². The summed E-state index contributed by atoms with van der Waals surface area (Å²) in [6.07, 6.45) is 5.51. The zero-order chi connectivity index (χ0) is 18.1. The maximum Gasteiger partial charge on any atom is 0.191 e. The fourth-order valence-electron chi connectivity index (χ4n) is 4.00. The van der Waals surface area contributed by atoms with Crippen molar-refractivity contribution in [2.75, 3.05) is 60.0 Å². The van der Waals surface area contributed by atoms with Crippen LogP contribution in [0, 0.1) is 5.92 Å². The lowest BCUT2D eigenvalue weighted by Crippen LogP contribution is -2.53. The van der Waals surface area contributed by atoms with Gasteiger partial charge < -0.3 is 20.3 Å². The summed E-state index contributed by atoms with van der Waals surface area (Å²) < 4.78 is 5.49. The number of aliphatic imine (C=N–C) groups is 1. The standard InChI is InChI=1S/C19H39N5O.HI/c1-16(2)18(24-11-13-25-14-12-24)15-22-19(20-3)21-9-10-23(4)17-7-5-6-8-17;/h16-18H,5-15H2,1-4H3,(H2,20,21,22);1H. The lowest BCUT2D eigenvalue weighted by Gasteiger charge is -2.37. The van der Waals surface area contributed by atoms with Crippen LogP contribution in [-0.2, 0) is 4.74 Å². The number of nitrogens with one attached hydrogen (secondary N) is 2. The van der Waals surface area contributed by atoms with Crippen LogP contribution in [0.1, 0.15) is 39.5 Å². The average molecular weight is 481 g/mol. The molecule has 0 aromatic rings. The summed E-state index contributed by atoms with van der Waals surface area (Å²) in [5.74, 6) is 1.52. The molecule has 2 aliphatic rings. The molecule has 1 unspecified atom stereocenters. The first-order valence-electron chi connectivity index (χ1n) is 10.1. The van der Waals surface area contributed by atoms with E-state index in [9.17, 15) is 0 Å². The number of hydrogen-bond acceptors (Lipinski definition) is 4. The van der Waals surface area contributed by atoms with E-state index in [4.69, 9.17) is 4.74 Å². The highest BCUT2D eigenvalue weighted by molar-refractivity contribution is 14.0. The second kappa shape index (κ2) is 13.1. The third kappa shape index (κ3) is 7.86. The van der Waals surface area contributed by atoms with E-state index in [0.717, 1.165) is 57.9 Å². The van der Waals surface area contributed by atoms with Crippen LogP contribution in [0.4, 0.5) is 0 Å². The van der Waals surface area contributed by atoms with Crippen molar-refractivity contribution >= 4 is 29.9 Å². The number of rotatable bonds is 8. The molecule has 0 radical (unpaired) electrons. The van der Waals surface area contributed by atoms with Gasteiger partial charge in [-0.25, -0.2) is 0 Å². The molecule has 0 amide bonds. The minimum absolute atomic E-state index is 0. The SMILES string of the molecule is CN=C(NCCN(C)C1CCCC1)NCC(C(C)C)N1CCOCC1.I. The summed E-state index contributed by atoms with van der Waals surface area (Å²) in [4.78, 5) is 9.43. The van der Waals surface area contributed by atoms with E-state index in [1.807, 2.05) is 7.05 Å². The van der Waals surface area contributed by atoms with Crippen LogP contribution in [0.5, 0.6) is 0 Å². The Morgan fingerprint density at radius 2 is 1.85 bits per heavy atom. The minimum Gasteiger partial charge on any atom is -0.379 e. The summed E-state index contributed by atoms with van der Waals surface area (Å²) >= 11 is 0. The van der Waals surface area contributed by atoms with Gasteiger partial charge >= 0.3 is 0 Å². The fraction of sp³-hybridized carbons (Fsp3) is 0.947. The molecule has 0 aromatic heterocycles. The largest absolute Gasteiger partial charge is 0.379 e. The molecule has 1 atom stereocenters. The molecule has 1 aliphatic heterocycles. The number of ether oxygens (including phenoxy) is 1. The lowest BCUT2D eigenvalue weighted by atomic mass is 10.0. The van der Waals surface area contributed by atoms with Crippen molar-refractivity contribution in [2.45, 2.75) is 51.6 Å². The Kier molecular flexibility index (Phi) is 12.1. The van der Waals surface area contributed by atoms with Gasteiger partial charge in [-0.2, -0.15) is 0 Å². The van der Waals surface area contributed by atoms with Crippen LogP contribution < -0.4 is 10.6 Å². The topological polar surface area (TPSA) is 52.1 Å². The van der Waals surface area contributed by atoms with Gasteiger partial charge in [0.1, 0.15) is 0 Å². The van der Waals surface area contributed by atoms with Crippen molar-refractivity contribution in [3.8, 4) is 0 Å². The molecule has 2 N–H and O–H groups in total. The maximum absolute atomic E-state index is 5.49. The summed E-state index contributed by atoms with van der Waals surface area (Å²) in [6, 6.07) is 1.30. The molecular formula is C19H40IN5O. The van der Waals surface area contributed by atoms with Gasteiger partial charge in [-0.15, -0.1) is 24.0 Å². The molecule has 1 aliphatic carbocycles. The predicted molar refractivity (Wildman–Crippen MR) is 121 cm³/mol. The van der Waals surface area contributed by atoms with E-state index in [1.165, 1.54) is 25.7 Å². The third-order valence-corrected chi connectivity index (χ3v) is 5.69. The highest BCUT2D eigenvalue weighted by Gasteiger charge is 2.24. The summed E-state index contributed by atoms with van der Waals surface area (Å²) in [6.45, 7) is 11.3. The van der Waals surface area contributed by atoms with Crippen LogP contribution in [0.2, 0.25) is 0 Å². The van der Waals surface area contributed by atoms with Gasteiger partial charge in [0.15, 0.2) is 5.96 Å². The first-order chi connectivity index (χ1) is 12.1. The van der Waals surface area contributed by atoms with Crippen molar-refractivity contribution in [3.05, 3.63) is 0 Å². The molecule has 2 fully saturated rings. The Labute approximate surface area is 177 Å². The van der Waals surface area contributed by atoms with Gasteiger partial charge in [-0.1, -0.05) is 26.7 Å². The molecule has 0 aromatic carbocycles. The van der Waals surface area contributed by atoms with Gasteiger partial charge in [0.25, 0.3) is 0 Å². The number of halogens is 1. The second-order valence-electron chi connectivity index (χ2n) is 7.76. The summed E-state index contributed by atoms with van der Waals surface area (Å²) in [7, 11) is 4.11. The normalized spacial score (nSPS) is 21.1. The highest BCUT2D eigenvalue weighted by atomic mass is 127. The van der Waals surface area contributed by atoms with Crippen LogP contribution >= 0.6 is 24.0 Å². The minimum atomic E-state index is 0. The van der Waals surface area contributed by atoms with Gasteiger partial charge in [-0.3, -0.25) is 9.89 Å². The Balaban J connectivity index is 0.00000338. The van der Waals surface area contributed by atoms with E-state index >= 15 is 0 Å². The van der Waals surface area contributed by atoms with Crippen molar-refractivity contribution < 1.29 is 4.74 Å². The van der Waals surface area contributed by atoms with E-state index < -0.39 is 0 Å². The Bertz CT molecular complexity index is 395. The van der Waals surface area contributed by atoms with Crippen LogP contribution in [-0.4, -0.2) is 87.9 Å². The Hall–Kier alpha value is -0.120. The van der Waals surface area contributed by atoms with Crippen LogP contribution in [0.25, 0.3) is 0 Å². The molecule has 0 bridgehead atoms. The Morgan fingerprint density at radius 1 is 1.19 bits per heavy atom. The van der Waals surface area contributed by atoms with E-state index in [1.54, 1.807) is 0 Å². The zero-order valence-electron chi connectivity index (χ0n) is 17.2. The monoisotopic (exact) mass is 481 g/mol. The van der Waals surface area contributed by atoms with Crippen LogP contribution in [0.3, 0.4) is 0 Å². The molecule has 154 valence electrons. The highest BCUT2D eigenvalue weighted by Crippen LogP contribution is 2.21. The number of nitrogens with zero attached hydrogens (tertiary/aromatic N) is 3.